The Balaban J connectivity index is 1.32. The monoisotopic (exact) mass is 747 g/mol. The first-order chi connectivity index (χ1) is 26.8. The van der Waals surface area contributed by atoms with Gasteiger partial charge in [0.15, 0.2) is 0 Å². The Labute approximate surface area is 322 Å². The van der Waals surface area contributed by atoms with Gasteiger partial charge in [0.05, 0.1) is 24.6 Å². The van der Waals surface area contributed by atoms with Crippen LogP contribution in [0.2, 0.25) is 0 Å². The standard InChI is InChI=1S/C44H49N3O8/c1-3-14-36(27-41(49)45-37(28-48)26-32-22-24-38(25-23-32)53-29-33-16-8-5-9-17-33)42(50)46-40(35-20-12-7-13-21-35)31-54-43(51)39(15-4-2)47-44(52)55-30-34-18-10-6-11-19-34/h3-13,16-25,36-37,39-40,48H,1-2,14-15,26-31H2,(H,45,49)(H,46,50)(H,47,52). The molecule has 4 unspecified atom stereocenters. The van der Waals surface area contributed by atoms with Crippen LogP contribution < -0.4 is 20.7 Å². The van der Waals surface area contributed by atoms with E-state index in [-0.39, 0.29) is 39.1 Å². The maximum Gasteiger partial charge on any atom is 0.408 e. The second-order valence-corrected chi connectivity index (χ2v) is 12.9. The molecule has 0 saturated heterocycles. The number of carbonyl (C=O) groups excluding carboxylic acids is 4. The van der Waals surface area contributed by atoms with Crippen molar-refractivity contribution in [3.05, 3.63) is 163 Å². The number of nitrogens with one attached hydrogen (secondary N) is 3. The molecule has 0 fully saturated rings. The van der Waals surface area contributed by atoms with Crippen molar-refractivity contribution >= 4 is 23.9 Å². The Bertz CT molecular complexity index is 1800. The normalized spacial score (nSPS) is 12.8. The number of aliphatic hydroxyl groups is 1. The molecular formula is C44H49N3O8. The van der Waals surface area contributed by atoms with Gasteiger partial charge < -0.3 is 35.3 Å². The van der Waals surface area contributed by atoms with Crippen molar-refractivity contribution in [3.63, 3.8) is 0 Å². The fraction of sp³-hybridized carbons (Fsp3) is 0.273. The molecule has 11 heteroatoms. The van der Waals surface area contributed by atoms with E-state index in [1.165, 1.54) is 6.08 Å². The zero-order valence-electron chi connectivity index (χ0n) is 30.8. The van der Waals surface area contributed by atoms with E-state index in [1.807, 2.05) is 91.0 Å². The number of esters is 1. The molecule has 0 spiro atoms. The number of hydrogen-bond acceptors (Lipinski definition) is 8. The average Bonchev–Trinajstić information content (AvgIpc) is 3.21. The average molecular weight is 748 g/mol. The van der Waals surface area contributed by atoms with E-state index in [0.717, 1.165) is 16.7 Å². The van der Waals surface area contributed by atoms with Gasteiger partial charge in [0.1, 0.15) is 31.6 Å². The van der Waals surface area contributed by atoms with Crippen LogP contribution in [0.1, 0.15) is 47.6 Å². The number of allylic oxidation sites excluding steroid dienone is 1. The number of rotatable bonds is 22. The second kappa shape index (κ2) is 22.8. The molecule has 4 atom stereocenters. The maximum atomic E-state index is 13.7. The highest BCUT2D eigenvalue weighted by atomic mass is 16.6. The molecule has 0 heterocycles. The van der Waals surface area contributed by atoms with Crippen LogP contribution in [0, 0.1) is 5.92 Å². The summed E-state index contributed by atoms with van der Waals surface area (Å²) in [4.78, 5) is 52.5. The fourth-order valence-electron chi connectivity index (χ4n) is 5.65. The van der Waals surface area contributed by atoms with Crippen molar-refractivity contribution in [2.45, 2.75) is 57.0 Å². The summed E-state index contributed by atoms with van der Waals surface area (Å²) in [6.45, 7) is 7.34. The molecule has 0 aliphatic carbocycles. The minimum absolute atomic E-state index is 0.0226. The summed E-state index contributed by atoms with van der Waals surface area (Å²) >= 11 is 0. The SMILES string of the molecule is C=CCC(CC(=O)NC(CO)Cc1ccc(OCc2ccccc2)cc1)C(=O)NC(COC(=O)C(CC=C)NC(=O)OCc1ccccc1)c1ccccc1. The Morgan fingerprint density at radius 2 is 1.27 bits per heavy atom. The summed E-state index contributed by atoms with van der Waals surface area (Å²) in [6.07, 6.45) is 2.72. The Hall–Kier alpha value is -6.20. The van der Waals surface area contributed by atoms with Crippen LogP contribution in [-0.4, -0.2) is 54.3 Å². The molecule has 0 saturated carbocycles. The number of benzene rings is 4. The predicted molar refractivity (Wildman–Crippen MR) is 210 cm³/mol. The number of carbonyl (C=O) groups is 4. The predicted octanol–water partition coefficient (Wildman–Crippen LogP) is 6.14. The van der Waals surface area contributed by atoms with Gasteiger partial charge in [0.25, 0.3) is 0 Å². The lowest BCUT2D eigenvalue weighted by molar-refractivity contribution is -0.147. The van der Waals surface area contributed by atoms with Crippen LogP contribution in [0.25, 0.3) is 0 Å². The van der Waals surface area contributed by atoms with Crippen LogP contribution >= 0.6 is 0 Å². The molecule has 0 radical (unpaired) electrons. The Kier molecular flexibility index (Phi) is 17.2. The molecule has 0 aliphatic rings. The van der Waals surface area contributed by atoms with Crippen LogP contribution in [0.15, 0.2) is 141 Å². The molecule has 0 aliphatic heterocycles. The smallest absolute Gasteiger partial charge is 0.408 e. The molecule has 4 rings (SSSR count). The summed E-state index contributed by atoms with van der Waals surface area (Å²) < 4.78 is 16.7. The van der Waals surface area contributed by atoms with Gasteiger partial charge in [-0.3, -0.25) is 9.59 Å². The highest BCUT2D eigenvalue weighted by Crippen LogP contribution is 2.19. The highest BCUT2D eigenvalue weighted by molar-refractivity contribution is 5.86. The van der Waals surface area contributed by atoms with E-state index >= 15 is 0 Å². The molecule has 4 aromatic rings. The van der Waals surface area contributed by atoms with Gasteiger partial charge in [-0.05, 0) is 53.6 Å². The maximum absolute atomic E-state index is 13.7. The molecule has 0 aromatic heterocycles. The summed E-state index contributed by atoms with van der Waals surface area (Å²) in [5.74, 6) is -1.69. The summed E-state index contributed by atoms with van der Waals surface area (Å²) in [5, 5.41) is 18.4. The molecule has 11 nitrogen and oxygen atoms in total. The van der Waals surface area contributed by atoms with Gasteiger partial charge in [-0.15, -0.1) is 13.2 Å². The van der Waals surface area contributed by atoms with Gasteiger partial charge in [-0.1, -0.05) is 115 Å². The third-order valence-corrected chi connectivity index (χ3v) is 8.60. The van der Waals surface area contributed by atoms with Crippen LogP contribution in [0.5, 0.6) is 5.75 Å². The fourth-order valence-corrected chi connectivity index (χ4v) is 5.65. The van der Waals surface area contributed by atoms with Crippen molar-refractivity contribution < 1.29 is 38.5 Å². The molecule has 0 bridgehead atoms. The van der Waals surface area contributed by atoms with Crippen LogP contribution in [-0.2, 0) is 43.5 Å². The molecule has 4 N–H and O–H groups in total. The van der Waals surface area contributed by atoms with Crippen molar-refractivity contribution in [1.82, 2.24) is 16.0 Å². The third-order valence-electron chi connectivity index (χ3n) is 8.60. The van der Waals surface area contributed by atoms with E-state index in [0.29, 0.717) is 24.3 Å². The van der Waals surface area contributed by atoms with E-state index in [9.17, 15) is 24.3 Å². The topological polar surface area (TPSA) is 152 Å². The second-order valence-electron chi connectivity index (χ2n) is 12.9. The summed E-state index contributed by atoms with van der Waals surface area (Å²) in [5.41, 5.74) is 3.40. The lowest BCUT2D eigenvalue weighted by Gasteiger charge is -2.24. The summed E-state index contributed by atoms with van der Waals surface area (Å²) in [6, 6.07) is 32.9. The largest absolute Gasteiger partial charge is 0.489 e. The number of amides is 3. The molecular weight excluding hydrogens is 698 g/mol. The van der Waals surface area contributed by atoms with Crippen molar-refractivity contribution in [3.8, 4) is 5.75 Å². The van der Waals surface area contributed by atoms with E-state index in [2.05, 4.69) is 29.1 Å². The van der Waals surface area contributed by atoms with Gasteiger partial charge in [-0.2, -0.15) is 0 Å². The highest BCUT2D eigenvalue weighted by Gasteiger charge is 2.28. The minimum atomic E-state index is -1.07. The third kappa shape index (κ3) is 14.6. The number of aliphatic hydroxyl groups excluding tert-OH is 1. The van der Waals surface area contributed by atoms with Crippen molar-refractivity contribution in [2.24, 2.45) is 5.92 Å². The lowest BCUT2D eigenvalue weighted by Crippen LogP contribution is -2.44. The van der Waals surface area contributed by atoms with Gasteiger partial charge >= 0.3 is 12.1 Å². The first-order valence-electron chi connectivity index (χ1n) is 18.1. The molecule has 3 amide bonds. The zero-order valence-corrected chi connectivity index (χ0v) is 30.8. The Morgan fingerprint density at radius 1 is 0.673 bits per heavy atom. The first kappa shape index (κ1) is 41.6. The van der Waals surface area contributed by atoms with E-state index in [4.69, 9.17) is 14.2 Å². The molecule has 4 aromatic carbocycles. The van der Waals surface area contributed by atoms with Gasteiger partial charge in [0.2, 0.25) is 11.8 Å². The van der Waals surface area contributed by atoms with E-state index in [1.54, 1.807) is 30.3 Å². The van der Waals surface area contributed by atoms with E-state index < -0.39 is 47.9 Å². The Morgan fingerprint density at radius 3 is 1.87 bits per heavy atom. The zero-order chi connectivity index (χ0) is 39.3. The van der Waals surface area contributed by atoms with Gasteiger partial charge in [-0.25, -0.2) is 9.59 Å². The van der Waals surface area contributed by atoms with Crippen LogP contribution in [0.3, 0.4) is 0 Å². The number of alkyl carbamates (subject to hydrolysis) is 1. The molecule has 55 heavy (non-hydrogen) atoms. The van der Waals surface area contributed by atoms with Crippen molar-refractivity contribution in [2.75, 3.05) is 13.2 Å². The van der Waals surface area contributed by atoms with Crippen molar-refractivity contribution in [1.29, 1.82) is 0 Å². The van der Waals surface area contributed by atoms with Gasteiger partial charge in [0, 0.05) is 6.42 Å². The van der Waals surface area contributed by atoms with Crippen LogP contribution in [0.4, 0.5) is 4.79 Å². The lowest BCUT2D eigenvalue weighted by atomic mass is 9.97. The number of hydrogen-bond donors (Lipinski definition) is 4. The minimum Gasteiger partial charge on any atom is -0.489 e. The summed E-state index contributed by atoms with van der Waals surface area (Å²) in [7, 11) is 0. The molecule has 288 valence electrons. The number of ether oxygens (including phenoxy) is 3. The quantitative estimate of drug-likeness (QED) is 0.0553. The first-order valence-corrected chi connectivity index (χ1v) is 18.1.